The summed E-state index contributed by atoms with van der Waals surface area (Å²) in [6.45, 7) is -2.01. The van der Waals surface area contributed by atoms with Gasteiger partial charge in [-0.25, -0.2) is 8.78 Å². The van der Waals surface area contributed by atoms with E-state index in [9.17, 15) is 22.0 Å². The lowest BCUT2D eigenvalue weighted by Gasteiger charge is -2.23. The highest BCUT2D eigenvalue weighted by Gasteiger charge is 2.34. The molecule has 1 aromatic carbocycles. The molecule has 1 aromatic rings. The van der Waals surface area contributed by atoms with Crippen LogP contribution in [0.2, 0.25) is 0 Å². The second-order valence-electron chi connectivity index (χ2n) is 3.70. The molecule has 0 radical (unpaired) electrons. The number of hydrogen-bond acceptors (Lipinski definition) is 2. The molecule has 0 atom stereocenters. The van der Waals surface area contributed by atoms with Gasteiger partial charge in [-0.1, -0.05) is 0 Å². The van der Waals surface area contributed by atoms with Crippen molar-refractivity contribution in [3.63, 3.8) is 0 Å². The summed E-state index contributed by atoms with van der Waals surface area (Å²) in [7, 11) is 0. The van der Waals surface area contributed by atoms with Crippen molar-refractivity contribution >= 4 is 5.69 Å². The first-order valence-electron chi connectivity index (χ1n) is 5.42. The number of rotatable bonds is 5. The van der Waals surface area contributed by atoms with Crippen LogP contribution in [-0.4, -0.2) is 26.4 Å². The topological polar surface area (TPSA) is 27.0 Å². The van der Waals surface area contributed by atoms with Gasteiger partial charge in [0.05, 0.1) is 17.2 Å². The first-order valence-corrected chi connectivity index (χ1v) is 5.42. The van der Waals surface area contributed by atoms with E-state index in [1.807, 2.05) is 0 Å². The second-order valence-corrected chi connectivity index (χ2v) is 3.70. The van der Waals surface area contributed by atoms with Crippen LogP contribution in [0.4, 0.5) is 27.6 Å². The quantitative estimate of drug-likeness (QED) is 0.772. The van der Waals surface area contributed by atoms with Crippen LogP contribution in [0, 0.1) is 11.3 Å². The minimum absolute atomic E-state index is 0.0432. The lowest BCUT2D eigenvalue weighted by Crippen LogP contribution is -2.28. The summed E-state index contributed by atoms with van der Waals surface area (Å²) < 4.78 is 62.8. The second kappa shape index (κ2) is 6.36. The van der Waals surface area contributed by atoms with Gasteiger partial charge >= 0.3 is 6.18 Å². The molecule has 0 aromatic heterocycles. The minimum Gasteiger partial charge on any atom is -0.366 e. The molecule has 1 rings (SSSR count). The molecule has 0 spiro atoms. The number of halogens is 5. The molecule has 0 bridgehead atoms. The molecule has 0 unspecified atom stereocenters. The van der Waals surface area contributed by atoms with Gasteiger partial charge in [0.1, 0.15) is 13.3 Å². The van der Waals surface area contributed by atoms with Gasteiger partial charge in [0.2, 0.25) is 0 Å². The highest BCUT2D eigenvalue weighted by molar-refractivity contribution is 5.54. The number of alkyl halides is 5. The molecular weight excluding hydrogens is 267 g/mol. The molecule has 0 aliphatic rings. The van der Waals surface area contributed by atoms with Gasteiger partial charge in [-0.15, -0.1) is 0 Å². The Morgan fingerprint density at radius 1 is 1.11 bits per heavy atom. The van der Waals surface area contributed by atoms with Crippen LogP contribution in [0.1, 0.15) is 11.1 Å². The molecule has 0 fully saturated rings. The molecule has 0 saturated carbocycles. The molecule has 0 saturated heterocycles. The number of nitriles is 1. The zero-order valence-corrected chi connectivity index (χ0v) is 9.84. The third-order valence-corrected chi connectivity index (χ3v) is 2.50. The van der Waals surface area contributed by atoms with Crippen LogP contribution < -0.4 is 4.90 Å². The molecule has 7 heteroatoms. The summed E-state index contributed by atoms with van der Waals surface area (Å²) in [6.07, 6.45) is -4.68. The predicted octanol–water partition coefficient (Wildman–Crippen LogP) is 3.32. The van der Waals surface area contributed by atoms with Crippen LogP contribution in [-0.2, 0) is 6.18 Å². The molecular formula is C12H11F5N2. The Kier molecular flexibility index (Phi) is 5.10. The largest absolute Gasteiger partial charge is 0.417 e. The molecule has 0 amide bonds. The molecule has 0 heterocycles. The lowest BCUT2D eigenvalue weighted by atomic mass is 10.1. The van der Waals surface area contributed by atoms with Crippen LogP contribution >= 0.6 is 0 Å². The maximum atomic E-state index is 12.7. The van der Waals surface area contributed by atoms with Crippen molar-refractivity contribution in [2.24, 2.45) is 0 Å². The van der Waals surface area contributed by atoms with E-state index in [2.05, 4.69) is 0 Å². The Labute approximate surface area is 107 Å². The van der Waals surface area contributed by atoms with Gasteiger partial charge in [0, 0.05) is 18.8 Å². The minimum atomic E-state index is -4.68. The van der Waals surface area contributed by atoms with Crippen molar-refractivity contribution in [3.8, 4) is 6.07 Å². The summed E-state index contributed by atoms with van der Waals surface area (Å²) in [6, 6.07) is 4.44. The summed E-state index contributed by atoms with van der Waals surface area (Å²) in [5.74, 6) is 0. The Bertz CT molecular complexity index is 458. The highest BCUT2D eigenvalue weighted by atomic mass is 19.4. The van der Waals surface area contributed by atoms with E-state index in [0.29, 0.717) is 0 Å². The normalized spacial score (nSPS) is 11.2. The zero-order valence-electron chi connectivity index (χ0n) is 9.84. The van der Waals surface area contributed by atoms with Crippen molar-refractivity contribution < 1.29 is 22.0 Å². The van der Waals surface area contributed by atoms with Gasteiger partial charge in [-0.3, -0.25) is 0 Å². The van der Waals surface area contributed by atoms with Crippen molar-refractivity contribution in [2.45, 2.75) is 6.18 Å². The van der Waals surface area contributed by atoms with Crippen molar-refractivity contribution in [2.75, 3.05) is 31.3 Å². The smallest absolute Gasteiger partial charge is 0.366 e. The third-order valence-electron chi connectivity index (χ3n) is 2.50. The molecule has 0 aliphatic carbocycles. The van der Waals surface area contributed by atoms with Crippen LogP contribution in [0.3, 0.4) is 0 Å². The molecule has 2 nitrogen and oxygen atoms in total. The fourth-order valence-electron chi connectivity index (χ4n) is 1.64. The van der Waals surface area contributed by atoms with E-state index in [-0.39, 0.29) is 18.8 Å². The van der Waals surface area contributed by atoms with Crippen LogP contribution in [0.15, 0.2) is 18.2 Å². The van der Waals surface area contributed by atoms with E-state index in [1.54, 1.807) is 0 Å². The van der Waals surface area contributed by atoms with Crippen molar-refractivity contribution in [3.05, 3.63) is 29.3 Å². The Morgan fingerprint density at radius 3 is 2.11 bits per heavy atom. The van der Waals surface area contributed by atoms with Crippen molar-refractivity contribution in [1.29, 1.82) is 5.26 Å². The summed E-state index contributed by atoms with van der Waals surface area (Å²) in [5.41, 5.74) is -1.58. The van der Waals surface area contributed by atoms with Gasteiger partial charge in [-0.2, -0.15) is 18.4 Å². The molecule has 0 N–H and O–H groups in total. The first-order chi connectivity index (χ1) is 8.93. The zero-order chi connectivity index (χ0) is 14.5. The predicted molar refractivity (Wildman–Crippen MR) is 60.3 cm³/mol. The Balaban J connectivity index is 3.20. The number of hydrogen-bond donors (Lipinski definition) is 0. The standard InChI is InChI=1S/C12H11F5N2/c13-3-5-19(6-4-14)10-2-1-9(8-18)11(7-10)12(15,16)17/h1-2,7H,3-6H2. The van der Waals surface area contributed by atoms with Crippen LogP contribution in [0.25, 0.3) is 0 Å². The first kappa shape index (κ1) is 15.2. The van der Waals surface area contributed by atoms with E-state index in [1.165, 1.54) is 12.1 Å². The van der Waals surface area contributed by atoms with E-state index in [0.717, 1.165) is 17.0 Å². The van der Waals surface area contributed by atoms with E-state index >= 15 is 0 Å². The fourth-order valence-corrected chi connectivity index (χ4v) is 1.64. The average molecular weight is 278 g/mol. The molecule has 104 valence electrons. The van der Waals surface area contributed by atoms with Gasteiger partial charge in [0.25, 0.3) is 0 Å². The maximum absolute atomic E-state index is 12.7. The van der Waals surface area contributed by atoms with Gasteiger partial charge in [-0.05, 0) is 18.2 Å². The fraction of sp³-hybridized carbons (Fsp3) is 0.417. The maximum Gasteiger partial charge on any atom is 0.417 e. The Morgan fingerprint density at radius 2 is 1.68 bits per heavy atom. The van der Waals surface area contributed by atoms with E-state index in [4.69, 9.17) is 5.26 Å². The highest BCUT2D eigenvalue weighted by Crippen LogP contribution is 2.34. The summed E-state index contributed by atoms with van der Waals surface area (Å²) in [4.78, 5) is 1.16. The monoisotopic (exact) mass is 278 g/mol. The van der Waals surface area contributed by atoms with E-state index < -0.39 is 30.7 Å². The van der Waals surface area contributed by atoms with Gasteiger partial charge < -0.3 is 4.90 Å². The summed E-state index contributed by atoms with van der Waals surface area (Å²) >= 11 is 0. The lowest BCUT2D eigenvalue weighted by molar-refractivity contribution is -0.137. The number of benzene rings is 1. The average Bonchev–Trinajstić information content (AvgIpc) is 2.37. The third kappa shape index (κ3) is 3.81. The number of anilines is 1. The summed E-state index contributed by atoms with van der Waals surface area (Å²) in [5, 5.41) is 8.63. The van der Waals surface area contributed by atoms with Crippen molar-refractivity contribution in [1.82, 2.24) is 0 Å². The molecule has 0 aliphatic heterocycles. The Hall–Kier alpha value is -1.84. The SMILES string of the molecule is N#Cc1ccc(N(CCF)CCF)cc1C(F)(F)F. The van der Waals surface area contributed by atoms with Crippen LogP contribution in [0.5, 0.6) is 0 Å². The number of nitrogens with zero attached hydrogens (tertiary/aromatic N) is 2. The molecule has 19 heavy (non-hydrogen) atoms. The van der Waals surface area contributed by atoms with Gasteiger partial charge in [0.15, 0.2) is 0 Å².